The summed E-state index contributed by atoms with van der Waals surface area (Å²) in [5, 5.41) is 5.95. The van der Waals surface area contributed by atoms with E-state index < -0.39 is 10.0 Å². The highest BCUT2D eigenvalue weighted by Crippen LogP contribution is 2.32. The van der Waals surface area contributed by atoms with Gasteiger partial charge < -0.3 is 20.1 Å². The molecule has 0 bridgehead atoms. The molecule has 0 saturated heterocycles. The number of ether oxygens (including phenoxy) is 2. The highest BCUT2D eigenvalue weighted by Gasteiger charge is 2.25. The van der Waals surface area contributed by atoms with Gasteiger partial charge in [-0.05, 0) is 49.2 Å². The van der Waals surface area contributed by atoms with Gasteiger partial charge in [-0.2, -0.15) is 8.42 Å². The zero-order valence-electron chi connectivity index (χ0n) is 16.8. The lowest BCUT2D eigenvalue weighted by atomic mass is 10.1. The minimum Gasteiger partial charge on any atom is -0.486 e. The summed E-state index contributed by atoms with van der Waals surface area (Å²) < 4.78 is 39.6. The zero-order chi connectivity index (χ0) is 21.3. The molecule has 30 heavy (non-hydrogen) atoms. The second-order valence-corrected chi connectivity index (χ2v) is 8.90. The molecular formula is C21H23N3O5S. The largest absolute Gasteiger partial charge is 0.486 e. The number of rotatable bonds is 5. The van der Waals surface area contributed by atoms with E-state index in [0.29, 0.717) is 30.4 Å². The molecule has 2 heterocycles. The molecule has 0 aliphatic carbocycles. The Morgan fingerprint density at radius 2 is 1.93 bits per heavy atom. The topological polar surface area (TPSA) is 106 Å². The average molecular weight is 429 g/mol. The van der Waals surface area contributed by atoms with E-state index in [2.05, 4.69) is 15.0 Å². The van der Waals surface area contributed by atoms with Crippen molar-refractivity contribution in [2.75, 3.05) is 18.5 Å². The molecule has 2 aromatic carbocycles. The fourth-order valence-electron chi connectivity index (χ4n) is 3.41. The Labute approximate surface area is 175 Å². The predicted molar refractivity (Wildman–Crippen MR) is 113 cm³/mol. The van der Waals surface area contributed by atoms with Crippen molar-refractivity contribution in [2.24, 2.45) is 4.40 Å². The fourth-order valence-corrected chi connectivity index (χ4v) is 4.56. The molecule has 1 amide bonds. The van der Waals surface area contributed by atoms with Gasteiger partial charge >= 0.3 is 0 Å². The zero-order valence-corrected chi connectivity index (χ0v) is 17.6. The van der Waals surface area contributed by atoms with Gasteiger partial charge in [0.05, 0.1) is 11.7 Å². The van der Waals surface area contributed by atoms with Crippen molar-refractivity contribution in [3.05, 3.63) is 47.5 Å². The third kappa shape index (κ3) is 4.25. The quantitative estimate of drug-likeness (QED) is 0.757. The Kier molecular flexibility index (Phi) is 5.38. The summed E-state index contributed by atoms with van der Waals surface area (Å²) in [7, 11) is -3.76. The summed E-state index contributed by atoms with van der Waals surface area (Å²) in [6, 6.07) is 10.4. The van der Waals surface area contributed by atoms with Gasteiger partial charge in [0.1, 0.15) is 23.9 Å². The van der Waals surface area contributed by atoms with Crippen LogP contribution in [0.3, 0.4) is 0 Å². The number of hydrogen-bond acceptors (Lipinski definition) is 6. The Hall–Kier alpha value is -3.07. The third-order valence-corrected chi connectivity index (χ3v) is 6.33. The summed E-state index contributed by atoms with van der Waals surface area (Å²) in [6.07, 6.45) is 0.295. The highest BCUT2D eigenvalue weighted by atomic mass is 32.2. The van der Waals surface area contributed by atoms with E-state index in [1.165, 1.54) is 6.07 Å². The molecule has 8 nitrogen and oxygen atoms in total. The van der Waals surface area contributed by atoms with Crippen LogP contribution < -0.4 is 20.1 Å². The van der Waals surface area contributed by atoms with Crippen molar-refractivity contribution in [1.29, 1.82) is 0 Å². The van der Waals surface area contributed by atoms with Gasteiger partial charge in [0.2, 0.25) is 5.91 Å². The number of fused-ring (bicyclic) bond motifs is 2. The van der Waals surface area contributed by atoms with Crippen molar-refractivity contribution >= 4 is 27.5 Å². The summed E-state index contributed by atoms with van der Waals surface area (Å²) in [6.45, 7) is 4.78. The smallest absolute Gasteiger partial charge is 0.286 e. The number of benzene rings is 2. The van der Waals surface area contributed by atoms with Crippen LogP contribution in [0.2, 0.25) is 0 Å². The predicted octanol–water partition coefficient (Wildman–Crippen LogP) is 2.94. The molecule has 0 spiro atoms. The summed E-state index contributed by atoms with van der Waals surface area (Å²) in [5.74, 6) is 1.42. The van der Waals surface area contributed by atoms with Gasteiger partial charge in [0, 0.05) is 12.8 Å². The number of nitrogens with zero attached hydrogens (tertiary/aromatic N) is 1. The molecule has 158 valence electrons. The molecule has 0 fully saturated rings. The molecule has 2 aromatic rings. The maximum absolute atomic E-state index is 12.4. The van der Waals surface area contributed by atoms with Crippen LogP contribution in [0.25, 0.3) is 0 Å². The first-order valence-electron chi connectivity index (χ1n) is 9.72. The van der Waals surface area contributed by atoms with Crippen molar-refractivity contribution in [3.8, 4) is 11.5 Å². The monoisotopic (exact) mass is 429 g/mol. The van der Waals surface area contributed by atoms with E-state index in [9.17, 15) is 13.2 Å². The van der Waals surface area contributed by atoms with E-state index in [1.54, 1.807) is 12.1 Å². The van der Waals surface area contributed by atoms with Gasteiger partial charge in [0.15, 0.2) is 11.5 Å². The number of hydrogen-bond donors (Lipinski definition) is 2. The number of nitrogens with one attached hydrogen (secondary N) is 2. The number of carbonyl (C=O) groups excluding carboxylic acids is 1. The number of amidine groups is 1. The second-order valence-electron chi connectivity index (χ2n) is 7.33. The van der Waals surface area contributed by atoms with Crippen LogP contribution in [0.5, 0.6) is 11.5 Å². The molecule has 1 atom stereocenters. The van der Waals surface area contributed by atoms with Crippen molar-refractivity contribution in [1.82, 2.24) is 5.32 Å². The van der Waals surface area contributed by atoms with E-state index >= 15 is 0 Å². The molecule has 0 saturated carbocycles. The summed E-state index contributed by atoms with van der Waals surface area (Å²) >= 11 is 0. The number of aryl methyl sites for hydroxylation is 1. The van der Waals surface area contributed by atoms with E-state index in [4.69, 9.17) is 9.47 Å². The lowest BCUT2D eigenvalue weighted by molar-refractivity contribution is -0.121. The Morgan fingerprint density at radius 3 is 2.73 bits per heavy atom. The molecule has 2 aliphatic heterocycles. The van der Waals surface area contributed by atoms with Crippen LogP contribution in [0.1, 0.15) is 36.9 Å². The minimum absolute atomic E-state index is 0.109. The summed E-state index contributed by atoms with van der Waals surface area (Å²) in [5.41, 5.74) is 2.32. The second kappa shape index (κ2) is 7.98. The Bertz CT molecular complexity index is 1130. The molecule has 0 radical (unpaired) electrons. The maximum atomic E-state index is 12.4. The fraction of sp³-hybridized carbons (Fsp3) is 0.333. The van der Waals surface area contributed by atoms with Crippen LogP contribution >= 0.6 is 0 Å². The van der Waals surface area contributed by atoms with Crippen molar-refractivity contribution in [2.45, 2.75) is 37.6 Å². The number of sulfonamides is 1. The molecular weight excluding hydrogens is 406 g/mol. The lowest BCUT2D eigenvalue weighted by Gasteiger charge is -2.21. The summed E-state index contributed by atoms with van der Waals surface area (Å²) in [4.78, 5) is 12.6. The van der Waals surface area contributed by atoms with Gasteiger partial charge in [-0.1, -0.05) is 12.1 Å². The standard InChI is InChI=1S/C21H23N3O5S/c1-13-3-6-19-16(11-13)23-20(24-30(19,26)27)7-8-21(25)22-14(2)15-4-5-17-18(12-15)29-10-9-28-17/h3-6,11-12,14H,7-10H2,1-2H3,(H,22,25)(H,23,24)/t14-/m1/s1. The van der Waals surface area contributed by atoms with Gasteiger partial charge in [-0.15, -0.1) is 4.40 Å². The number of amides is 1. The maximum Gasteiger partial charge on any atom is 0.286 e. The molecule has 2 aliphatic rings. The van der Waals surface area contributed by atoms with Crippen molar-refractivity contribution in [3.63, 3.8) is 0 Å². The normalized spacial score (nSPS) is 17.2. The van der Waals surface area contributed by atoms with Crippen LogP contribution in [0, 0.1) is 6.92 Å². The Morgan fingerprint density at radius 1 is 1.17 bits per heavy atom. The lowest BCUT2D eigenvalue weighted by Crippen LogP contribution is -2.29. The Balaban J connectivity index is 1.37. The first kappa shape index (κ1) is 20.2. The average Bonchev–Trinajstić information content (AvgIpc) is 2.71. The van der Waals surface area contributed by atoms with E-state index in [1.807, 2.05) is 32.0 Å². The van der Waals surface area contributed by atoms with E-state index in [0.717, 1.165) is 11.1 Å². The highest BCUT2D eigenvalue weighted by molar-refractivity contribution is 7.90. The molecule has 0 aromatic heterocycles. The van der Waals surface area contributed by atoms with E-state index in [-0.39, 0.29) is 35.5 Å². The molecule has 4 rings (SSSR count). The van der Waals surface area contributed by atoms with Gasteiger partial charge in [-0.3, -0.25) is 4.79 Å². The minimum atomic E-state index is -3.76. The van der Waals surface area contributed by atoms with Crippen molar-refractivity contribution < 1.29 is 22.7 Å². The van der Waals surface area contributed by atoms with Gasteiger partial charge in [-0.25, -0.2) is 0 Å². The number of anilines is 1. The first-order chi connectivity index (χ1) is 14.3. The van der Waals surface area contributed by atoms with Crippen LogP contribution in [-0.4, -0.2) is 33.4 Å². The first-order valence-corrected chi connectivity index (χ1v) is 11.2. The number of carbonyl (C=O) groups is 1. The molecule has 2 N–H and O–H groups in total. The van der Waals surface area contributed by atoms with Gasteiger partial charge in [0.25, 0.3) is 10.0 Å². The van der Waals surface area contributed by atoms with Crippen LogP contribution in [-0.2, 0) is 14.8 Å². The van der Waals surface area contributed by atoms with Crippen LogP contribution in [0.15, 0.2) is 45.7 Å². The van der Waals surface area contributed by atoms with Crippen LogP contribution in [0.4, 0.5) is 5.69 Å². The molecule has 0 unspecified atom stereocenters. The molecule has 9 heteroatoms. The third-order valence-electron chi connectivity index (χ3n) is 4.95. The SMILES string of the molecule is Cc1ccc2c(c1)NC(CCC(=O)N[C@H](C)c1ccc3c(c1)OCCO3)=NS2(=O)=O.